The molecular formula is C28H37F3N6O6S. The number of carbonyl (C=O) groups is 3. The number of amides is 2. The van der Waals surface area contributed by atoms with Crippen molar-refractivity contribution in [3.63, 3.8) is 0 Å². The average Bonchev–Trinajstić information content (AvgIpc) is 2.97. The summed E-state index contributed by atoms with van der Waals surface area (Å²) in [6.45, 7) is -0.0494. The van der Waals surface area contributed by atoms with E-state index in [9.17, 15) is 31.2 Å². The van der Waals surface area contributed by atoms with Gasteiger partial charge in [0.15, 0.2) is 0 Å². The Morgan fingerprint density at radius 1 is 0.955 bits per heavy atom. The van der Waals surface area contributed by atoms with Crippen LogP contribution < -0.4 is 25.8 Å². The molecule has 2 aromatic carbocycles. The molecule has 242 valence electrons. The van der Waals surface area contributed by atoms with Crippen molar-refractivity contribution in [2.45, 2.75) is 69.8 Å². The summed E-state index contributed by atoms with van der Waals surface area (Å²) in [7, 11) is -3.91. The van der Waals surface area contributed by atoms with Gasteiger partial charge in [0.2, 0.25) is 11.8 Å². The molecule has 1 atom stereocenters. The van der Waals surface area contributed by atoms with Gasteiger partial charge >= 0.3 is 12.1 Å². The van der Waals surface area contributed by atoms with Crippen LogP contribution in [-0.4, -0.2) is 61.9 Å². The highest BCUT2D eigenvalue weighted by molar-refractivity contribution is 7.87. The van der Waals surface area contributed by atoms with Gasteiger partial charge in [-0.25, -0.2) is 4.79 Å². The highest BCUT2D eigenvalue weighted by Crippen LogP contribution is 2.18. The Bertz CT molecular complexity index is 1350. The van der Waals surface area contributed by atoms with Crippen LogP contribution in [0.15, 0.2) is 54.6 Å². The van der Waals surface area contributed by atoms with Crippen molar-refractivity contribution in [2.24, 2.45) is 5.73 Å². The Balaban J connectivity index is 0.000000860. The number of benzene rings is 2. The lowest BCUT2D eigenvalue weighted by molar-refractivity contribution is -0.192. The van der Waals surface area contributed by atoms with Gasteiger partial charge in [-0.2, -0.15) is 31.0 Å². The molecule has 8 N–H and O–H groups in total. The maximum atomic E-state index is 12.9. The van der Waals surface area contributed by atoms with Gasteiger partial charge < -0.3 is 21.5 Å². The lowest BCUT2D eigenvalue weighted by Crippen LogP contribution is -2.53. The molecule has 0 aromatic heterocycles. The Labute approximate surface area is 253 Å². The molecule has 0 spiro atoms. The van der Waals surface area contributed by atoms with E-state index >= 15 is 0 Å². The first-order chi connectivity index (χ1) is 20.7. The fourth-order valence-corrected chi connectivity index (χ4v) is 5.56. The minimum absolute atomic E-state index is 0.0373. The third-order valence-corrected chi connectivity index (χ3v) is 7.76. The molecule has 0 bridgehead atoms. The number of alkyl halides is 3. The fourth-order valence-electron chi connectivity index (χ4n) is 4.22. The molecule has 0 unspecified atom stereocenters. The van der Waals surface area contributed by atoms with Crippen LogP contribution in [0.4, 0.5) is 13.2 Å². The van der Waals surface area contributed by atoms with Crippen LogP contribution in [0.5, 0.6) is 0 Å². The van der Waals surface area contributed by atoms with E-state index in [1.807, 2.05) is 30.3 Å². The SMILES string of the molecule is N=C(N)c1ccc(CNC(=O)CNC(=O)[C@@H](CCc2ccccc2)NS(=O)(=O)NC2CCCCC2)cc1.O=C(O)C(F)(F)F. The number of halogens is 3. The Morgan fingerprint density at radius 3 is 2.09 bits per heavy atom. The largest absolute Gasteiger partial charge is 0.490 e. The van der Waals surface area contributed by atoms with Crippen molar-refractivity contribution >= 4 is 33.8 Å². The van der Waals surface area contributed by atoms with Crippen molar-refractivity contribution in [3.05, 3.63) is 71.3 Å². The number of nitrogen functional groups attached to an aromatic ring is 1. The van der Waals surface area contributed by atoms with Gasteiger partial charge in [0.05, 0.1) is 6.54 Å². The lowest BCUT2D eigenvalue weighted by atomic mass is 9.96. The second kappa shape index (κ2) is 17.3. The first-order valence-electron chi connectivity index (χ1n) is 13.8. The summed E-state index contributed by atoms with van der Waals surface area (Å²) in [6, 6.07) is 15.2. The van der Waals surface area contributed by atoms with Crippen molar-refractivity contribution in [3.8, 4) is 0 Å². The van der Waals surface area contributed by atoms with E-state index in [0.29, 0.717) is 12.0 Å². The fraction of sp³-hybridized carbons (Fsp3) is 0.429. The van der Waals surface area contributed by atoms with E-state index in [4.69, 9.17) is 21.0 Å². The van der Waals surface area contributed by atoms with Crippen LogP contribution in [0, 0.1) is 5.41 Å². The van der Waals surface area contributed by atoms with Crippen molar-refractivity contribution in [2.75, 3.05) is 6.54 Å². The molecule has 12 nitrogen and oxygen atoms in total. The van der Waals surface area contributed by atoms with Crippen LogP contribution in [0.3, 0.4) is 0 Å². The third kappa shape index (κ3) is 14.0. The van der Waals surface area contributed by atoms with E-state index in [1.165, 1.54) is 0 Å². The van der Waals surface area contributed by atoms with Gasteiger partial charge in [-0.15, -0.1) is 0 Å². The molecule has 1 fully saturated rings. The molecule has 16 heteroatoms. The molecule has 0 aliphatic heterocycles. The Hall–Kier alpha value is -4.02. The molecule has 1 saturated carbocycles. The van der Waals surface area contributed by atoms with E-state index in [-0.39, 0.29) is 31.4 Å². The van der Waals surface area contributed by atoms with Gasteiger partial charge in [-0.3, -0.25) is 15.0 Å². The topological polar surface area (TPSA) is 204 Å². The number of carboxylic acid groups (broad SMARTS) is 1. The summed E-state index contributed by atoms with van der Waals surface area (Å²) in [6.07, 6.45) is 0.249. The minimum atomic E-state index is -5.08. The monoisotopic (exact) mass is 642 g/mol. The summed E-state index contributed by atoms with van der Waals surface area (Å²) >= 11 is 0. The molecule has 1 aliphatic rings. The number of nitrogens with one attached hydrogen (secondary N) is 5. The molecule has 44 heavy (non-hydrogen) atoms. The summed E-state index contributed by atoms with van der Waals surface area (Å²) in [4.78, 5) is 34.1. The highest BCUT2D eigenvalue weighted by atomic mass is 32.2. The molecule has 3 rings (SSSR count). The molecule has 1 aliphatic carbocycles. The van der Waals surface area contributed by atoms with E-state index < -0.39 is 40.2 Å². The molecule has 0 heterocycles. The van der Waals surface area contributed by atoms with Gasteiger partial charge in [-0.1, -0.05) is 73.9 Å². The number of amidine groups is 1. The quantitative estimate of drug-likeness (QED) is 0.128. The predicted molar refractivity (Wildman–Crippen MR) is 157 cm³/mol. The van der Waals surface area contributed by atoms with Crippen molar-refractivity contribution in [1.29, 1.82) is 5.41 Å². The number of aryl methyl sites for hydroxylation is 1. The number of aliphatic carboxylic acids is 1. The van der Waals surface area contributed by atoms with Gasteiger partial charge in [0, 0.05) is 18.2 Å². The maximum absolute atomic E-state index is 12.9. The summed E-state index contributed by atoms with van der Waals surface area (Å²) in [5.41, 5.74) is 7.82. The zero-order chi connectivity index (χ0) is 32.8. The van der Waals surface area contributed by atoms with Crippen LogP contribution in [-0.2, 0) is 37.6 Å². The number of hydrogen-bond donors (Lipinski definition) is 7. The second-order valence-electron chi connectivity index (χ2n) is 10.1. The zero-order valence-corrected chi connectivity index (χ0v) is 24.6. The number of rotatable bonds is 13. The van der Waals surface area contributed by atoms with E-state index in [2.05, 4.69) is 20.1 Å². The predicted octanol–water partition coefficient (Wildman–Crippen LogP) is 2.09. The van der Waals surface area contributed by atoms with Gasteiger partial charge in [-0.05, 0) is 36.8 Å². The number of nitrogens with two attached hydrogens (primary N) is 1. The standard InChI is InChI=1S/C26H36N6O4S.C2HF3O2/c27-25(28)21-14-11-20(12-15-21)17-29-24(33)18-30-26(34)23(16-13-19-7-3-1-4-8-19)32-37(35,36)31-22-9-5-2-6-10-22;3-2(4,5)1(6)7/h1,3-4,7-8,11-12,14-15,22-23,31-32H,2,5-6,9-10,13,16-18H2,(H3,27,28)(H,29,33)(H,30,34);(H,6,7)/t23-;/m1./s1. The lowest BCUT2D eigenvalue weighted by Gasteiger charge is -2.25. The number of carboxylic acids is 1. The van der Waals surface area contributed by atoms with Crippen LogP contribution >= 0.6 is 0 Å². The zero-order valence-electron chi connectivity index (χ0n) is 23.8. The van der Waals surface area contributed by atoms with E-state index in [0.717, 1.165) is 43.2 Å². The second-order valence-corrected chi connectivity index (χ2v) is 11.5. The van der Waals surface area contributed by atoms with Crippen molar-refractivity contribution < 1.29 is 41.1 Å². The van der Waals surface area contributed by atoms with Crippen LogP contribution in [0.2, 0.25) is 0 Å². The first kappa shape index (κ1) is 36.2. The first-order valence-corrected chi connectivity index (χ1v) is 15.3. The van der Waals surface area contributed by atoms with Gasteiger partial charge in [0.1, 0.15) is 11.9 Å². The molecule has 2 amide bonds. The maximum Gasteiger partial charge on any atom is 0.490 e. The molecule has 2 aromatic rings. The molecule has 0 radical (unpaired) electrons. The van der Waals surface area contributed by atoms with Crippen molar-refractivity contribution in [1.82, 2.24) is 20.1 Å². The van der Waals surface area contributed by atoms with Crippen LogP contribution in [0.1, 0.15) is 55.2 Å². The molecular weight excluding hydrogens is 605 g/mol. The van der Waals surface area contributed by atoms with Gasteiger partial charge in [0.25, 0.3) is 10.2 Å². The summed E-state index contributed by atoms with van der Waals surface area (Å²) in [5, 5.41) is 19.8. The third-order valence-electron chi connectivity index (χ3n) is 6.53. The summed E-state index contributed by atoms with van der Waals surface area (Å²) in [5.74, 6) is -3.77. The van der Waals surface area contributed by atoms with Crippen LogP contribution in [0.25, 0.3) is 0 Å². The average molecular weight is 643 g/mol. The smallest absolute Gasteiger partial charge is 0.475 e. The highest BCUT2D eigenvalue weighted by Gasteiger charge is 2.38. The number of hydrogen-bond acceptors (Lipinski definition) is 6. The normalized spacial score (nSPS) is 14.4. The summed E-state index contributed by atoms with van der Waals surface area (Å²) < 4.78 is 62.5. The molecule has 0 saturated heterocycles. The van der Waals surface area contributed by atoms with E-state index in [1.54, 1.807) is 24.3 Å². The number of carbonyl (C=O) groups excluding carboxylic acids is 2. The minimum Gasteiger partial charge on any atom is -0.475 e. The Kier molecular flexibility index (Phi) is 14.2. The Morgan fingerprint density at radius 2 is 1.55 bits per heavy atom.